The zero-order chi connectivity index (χ0) is 12.7. The Bertz CT molecular complexity index is 579. The van der Waals surface area contributed by atoms with Gasteiger partial charge in [0.15, 0.2) is 5.65 Å². The molecule has 1 saturated carbocycles. The third-order valence-corrected chi connectivity index (χ3v) is 4.17. The van der Waals surface area contributed by atoms with Gasteiger partial charge in [-0.05, 0) is 41.1 Å². The summed E-state index contributed by atoms with van der Waals surface area (Å²) in [5.41, 5.74) is 0.852. The Hall–Kier alpha value is -1.17. The largest absolute Gasteiger partial charge is 0.367 e. The number of nitrogens with one attached hydrogen (secondary N) is 1. The van der Waals surface area contributed by atoms with Crippen molar-refractivity contribution in [2.75, 3.05) is 5.32 Å². The van der Waals surface area contributed by atoms with Gasteiger partial charge in [-0.15, -0.1) is 0 Å². The summed E-state index contributed by atoms with van der Waals surface area (Å²) in [5, 5.41) is 8.84. The van der Waals surface area contributed by atoms with Crippen molar-refractivity contribution in [3.8, 4) is 0 Å². The predicted octanol–water partition coefficient (Wildman–Crippen LogP) is 2.73. The first-order valence-electron chi connectivity index (χ1n) is 6.25. The van der Waals surface area contributed by atoms with Gasteiger partial charge in [0.05, 0.1) is 5.39 Å². The van der Waals surface area contributed by atoms with Crippen LogP contribution in [0, 0.1) is 5.92 Å². The fourth-order valence-electron chi connectivity index (χ4n) is 2.68. The highest BCUT2D eigenvalue weighted by molar-refractivity contribution is 9.10. The quantitative estimate of drug-likeness (QED) is 0.926. The van der Waals surface area contributed by atoms with Crippen LogP contribution in [-0.2, 0) is 7.05 Å². The van der Waals surface area contributed by atoms with Gasteiger partial charge < -0.3 is 5.32 Å². The molecule has 0 bridgehead atoms. The Labute approximate surface area is 114 Å². The smallest absolute Gasteiger partial charge is 0.164 e. The number of hydrogen-bond acceptors (Lipinski definition) is 4. The van der Waals surface area contributed by atoms with Crippen LogP contribution >= 0.6 is 15.9 Å². The van der Waals surface area contributed by atoms with Crippen molar-refractivity contribution in [3.05, 3.63) is 10.9 Å². The van der Waals surface area contributed by atoms with Crippen LogP contribution in [0.3, 0.4) is 0 Å². The molecule has 2 atom stereocenters. The maximum atomic E-state index is 4.36. The van der Waals surface area contributed by atoms with Crippen molar-refractivity contribution in [1.82, 2.24) is 19.7 Å². The molecule has 5 nitrogen and oxygen atoms in total. The van der Waals surface area contributed by atoms with Crippen LogP contribution < -0.4 is 5.32 Å². The number of halogens is 1. The fourth-order valence-corrected chi connectivity index (χ4v) is 3.28. The molecule has 1 aliphatic carbocycles. The normalized spacial score (nSPS) is 23.7. The van der Waals surface area contributed by atoms with E-state index in [2.05, 4.69) is 43.2 Å². The average molecular weight is 310 g/mol. The Morgan fingerprint density at radius 2 is 2.22 bits per heavy atom. The molecule has 0 aromatic carbocycles. The van der Waals surface area contributed by atoms with Gasteiger partial charge in [0, 0.05) is 13.1 Å². The summed E-state index contributed by atoms with van der Waals surface area (Å²) < 4.78 is 2.57. The first kappa shape index (κ1) is 11.9. The lowest BCUT2D eigenvalue weighted by molar-refractivity contribution is 0.602. The Kier molecular flexibility index (Phi) is 2.97. The molecule has 2 heterocycles. The second kappa shape index (κ2) is 4.50. The van der Waals surface area contributed by atoms with E-state index in [1.165, 1.54) is 19.3 Å². The van der Waals surface area contributed by atoms with Crippen molar-refractivity contribution in [1.29, 1.82) is 0 Å². The van der Waals surface area contributed by atoms with E-state index in [1.807, 2.05) is 7.05 Å². The Morgan fingerprint density at radius 3 is 2.94 bits per heavy atom. The van der Waals surface area contributed by atoms with Gasteiger partial charge in [-0.25, -0.2) is 14.6 Å². The van der Waals surface area contributed by atoms with Gasteiger partial charge in [-0.2, -0.15) is 5.10 Å². The maximum absolute atomic E-state index is 4.36. The molecule has 6 heteroatoms. The highest BCUT2D eigenvalue weighted by Gasteiger charge is 2.23. The van der Waals surface area contributed by atoms with Gasteiger partial charge in [-0.3, -0.25) is 0 Å². The predicted molar refractivity (Wildman–Crippen MR) is 74.4 cm³/mol. The molecule has 18 heavy (non-hydrogen) atoms. The number of fused-ring (bicyclic) bond motifs is 1. The summed E-state index contributed by atoms with van der Waals surface area (Å²) >= 11 is 3.48. The molecular formula is C12H16BrN5. The lowest BCUT2D eigenvalue weighted by Crippen LogP contribution is -2.16. The van der Waals surface area contributed by atoms with Crippen molar-refractivity contribution in [2.24, 2.45) is 13.0 Å². The van der Waals surface area contributed by atoms with E-state index in [0.29, 0.717) is 6.04 Å². The minimum atomic E-state index is 0.519. The average Bonchev–Trinajstić information content (AvgIpc) is 2.85. The summed E-state index contributed by atoms with van der Waals surface area (Å²) in [6.07, 6.45) is 5.31. The molecule has 0 aliphatic heterocycles. The first-order valence-corrected chi connectivity index (χ1v) is 7.04. The molecule has 1 aliphatic rings. The van der Waals surface area contributed by atoms with E-state index in [9.17, 15) is 0 Å². The van der Waals surface area contributed by atoms with E-state index in [4.69, 9.17) is 0 Å². The molecular weight excluding hydrogens is 294 g/mol. The molecule has 0 radical (unpaired) electrons. The SMILES string of the molecule is CC1CCC(Nc2ncnc3c2c(Br)nn3C)C1. The molecule has 0 amide bonds. The highest BCUT2D eigenvalue weighted by Crippen LogP contribution is 2.31. The number of rotatable bonds is 2. The zero-order valence-corrected chi connectivity index (χ0v) is 12.1. The molecule has 3 rings (SSSR count). The molecule has 0 spiro atoms. The molecule has 1 fully saturated rings. The van der Waals surface area contributed by atoms with Gasteiger partial charge in [0.1, 0.15) is 16.7 Å². The van der Waals surface area contributed by atoms with Crippen molar-refractivity contribution in [3.63, 3.8) is 0 Å². The third-order valence-electron chi connectivity index (χ3n) is 3.61. The highest BCUT2D eigenvalue weighted by atomic mass is 79.9. The number of nitrogens with zero attached hydrogens (tertiary/aromatic N) is 4. The monoisotopic (exact) mass is 309 g/mol. The summed E-state index contributed by atoms with van der Waals surface area (Å²) in [6, 6.07) is 0.519. The van der Waals surface area contributed by atoms with Crippen LogP contribution in [0.15, 0.2) is 10.9 Å². The summed E-state index contributed by atoms with van der Waals surface area (Å²) in [4.78, 5) is 8.64. The van der Waals surface area contributed by atoms with Crippen molar-refractivity contribution >= 4 is 32.8 Å². The van der Waals surface area contributed by atoms with Crippen LogP contribution in [0.2, 0.25) is 0 Å². The number of anilines is 1. The van der Waals surface area contributed by atoms with E-state index in [0.717, 1.165) is 27.4 Å². The first-order chi connectivity index (χ1) is 8.65. The van der Waals surface area contributed by atoms with Gasteiger partial charge in [0.25, 0.3) is 0 Å². The second-order valence-electron chi connectivity index (χ2n) is 5.09. The van der Waals surface area contributed by atoms with Gasteiger partial charge in [-0.1, -0.05) is 6.92 Å². The summed E-state index contributed by atoms with van der Waals surface area (Å²) in [7, 11) is 1.89. The molecule has 2 aromatic heterocycles. The minimum Gasteiger partial charge on any atom is -0.367 e. The number of hydrogen-bond donors (Lipinski definition) is 1. The minimum absolute atomic E-state index is 0.519. The fraction of sp³-hybridized carbons (Fsp3) is 0.583. The molecule has 96 valence electrons. The van der Waals surface area contributed by atoms with Crippen LogP contribution in [0.5, 0.6) is 0 Å². The lowest BCUT2D eigenvalue weighted by Gasteiger charge is -2.13. The van der Waals surface area contributed by atoms with Crippen LogP contribution in [0.4, 0.5) is 5.82 Å². The molecule has 0 saturated heterocycles. The number of aryl methyl sites for hydroxylation is 1. The van der Waals surface area contributed by atoms with Crippen LogP contribution in [0.25, 0.3) is 11.0 Å². The van der Waals surface area contributed by atoms with Crippen LogP contribution in [-0.4, -0.2) is 25.8 Å². The van der Waals surface area contributed by atoms with E-state index in [-0.39, 0.29) is 0 Å². The Balaban J connectivity index is 1.96. The Morgan fingerprint density at radius 1 is 1.39 bits per heavy atom. The lowest BCUT2D eigenvalue weighted by atomic mass is 10.1. The zero-order valence-electron chi connectivity index (χ0n) is 10.5. The van der Waals surface area contributed by atoms with E-state index < -0.39 is 0 Å². The molecule has 2 aromatic rings. The van der Waals surface area contributed by atoms with E-state index in [1.54, 1.807) is 11.0 Å². The standard InChI is InChI=1S/C12H16BrN5/c1-7-3-4-8(5-7)16-11-9-10(13)17-18(2)12(9)15-6-14-11/h6-8H,3-5H2,1-2H3,(H,14,15,16). The van der Waals surface area contributed by atoms with Gasteiger partial charge >= 0.3 is 0 Å². The summed E-state index contributed by atoms with van der Waals surface area (Å²) in [6.45, 7) is 2.30. The van der Waals surface area contributed by atoms with Crippen molar-refractivity contribution < 1.29 is 0 Å². The molecule has 1 N–H and O–H groups in total. The van der Waals surface area contributed by atoms with Gasteiger partial charge in [0.2, 0.25) is 0 Å². The van der Waals surface area contributed by atoms with E-state index >= 15 is 0 Å². The van der Waals surface area contributed by atoms with Crippen LogP contribution in [0.1, 0.15) is 26.2 Å². The third kappa shape index (κ3) is 1.98. The maximum Gasteiger partial charge on any atom is 0.164 e. The topological polar surface area (TPSA) is 55.6 Å². The number of aromatic nitrogens is 4. The van der Waals surface area contributed by atoms with Crippen molar-refractivity contribution in [2.45, 2.75) is 32.2 Å². The summed E-state index contributed by atoms with van der Waals surface area (Å²) in [5.74, 6) is 1.69. The second-order valence-corrected chi connectivity index (χ2v) is 5.85. The molecule has 2 unspecified atom stereocenters.